The fraction of sp³-hybridized carbons (Fsp3) is 0.278. The Balaban J connectivity index is 1.68. The lowest BCUT2D eigenvalue weighted by Crippen LogP contribution is -2.20. The molecule has 1 aliphatic rings. The largest absolute Gasteiger partial charge is 0.495 e. The highest BCUT2D eigenvalue weighted by Gasteiger charge is 2.18. The smallest absolute Gasteiger partial charge is 0.214 e. The molecule has 0 unspecified atom stereocenters. The average molecular weight is 390 g/mol. The third kappa shape index (κ3) is 3.72. The monoisotopic (exact) mass is 389 g/mol. The fourth-order valence-electron chi connectivity index (χ4n) is 2.89. The van der Waals surface area contributed by atoms with Crippen molar-refractivity contribution >= 4 is 34.1 Å². The van der Waals surface area contributed by atoms with Crippen molar-refractivity contribution in [3.63, 3.8) is 0 Å². The summed E-state index contributed by atoms with van der Waals surface area (Å²) in [7, 11) is 1.46. The molecule has 0 amide bonds. The second-order valence-electron chi connectivity index (χ2n) is 6.06. The van der Waals surface area contributed by atoms with Crippen LogP contribution in [-0.4, -0.2) is 41.3 Å². The highest BCUT2D eigenvalue weighted by atomic mass is 35.5. The molecular formula is C18H17ClFN5O2. The number of anilines is 2. The molecule has 27 heavy (non-hydrogen) atoms. The number of nitrogens with zero attached hydrogens (tertiary/aromatic N) is 3. The van der Waals surface area contributed by atoms with Crippen LogP contribution < -0.4 is 20.1 Å². The number of rotatable bonds is 5. The molecule has 3 aromatic rings. The lowest BCUT2D eigenvalue weighted by Gasteiger charge is -2.13. The van der Waals surface area contributed by atoms with Crippen LogP contribution in [0, 0.1) is 5.82 Å². The van der Waals surface area contributed by atoms with Crippen LogP contribution in [0.1, 0.15) is 6.42 Å². The van der Waals surface area contributed by atoms with Gasteiger partial charge in [0.05, 0.1) is 23.3 Å². The molecule has 140 valence electrons. The van der Waals surface area contributed by atoms with Crippen molar-refractivity contribution in [3.8, 4) is 11.6 Å². The molecule has 3 heterocycles. The Morgan fingerprint density at radius 2 is 2.19 bits per heavy atom. The zero-order valence-corrected chi connectivity index (χ0v) is 15.3. The van der Waals surface area contributed by atoms with Crippen molar-refractivity contribution in [1.82, 2.24) is 20.3 Å². The van der Waals surface area contributed by atoms with Gasteiger partial charge in [0.1, 0.15) is 29.5 Å². The maximum Gasteiger partial charge on any atom is 0.214 e. The molecule has 2 N–H and O–H groups in total. The first-order chi connectivity index (χ1) is 13.1. The van der Waals surface area contributed by atoms with Crippen LogP contribution in [0.5, 0.6) is 11.6 Å². The highest BCUT2D eigenvalue weighted by Crippen LogP contribution is 2.32. The van der Waals surface area contributed by atoms with E-state index in [-0.39, 0.29) is 16.8 Å². The van der Waals surface area contributed by atoms with E-state index in [4.69, 9.17) is 21.1 Å². The van der Waals surface area contributed by atoms with Crippen molar-refractivity contribution in [3.05, 3.63) is 41.4 Å². The van der Waals surface area contributed by atoms with Crippen molar-refractivity contribution < 1.29 is 13.9 Å². The number of fused-ring (bicyclic) bond motifs is 1. The van der Waals surface area contributed by atoms with Crippen molar-refractivity contribution in [2.75, 3.05) is 25.5 Å². The third-order valence-electron chi connectivity index (χ3n) is 4.25. The zero-order valence-electron chi connectivity index (χ0n) is 14.5. The Morgan fingerprint density at radius 3 is 2.96 bits per heavy atom. The first-order valence-electron chi connectivity index (χ1n) is 8.43. The minimum atomic E-state index is -0.531. The van der Waals surface area contributed by atoms with E-state index in [9.17, 15) is 4.39 Å². The number of pyridine rings is 1. The van der Waals surface area contributed by atoms with E-state index in [1.165, 1.54) is 25.6 Å². The summed E-state index contributed by atoms with van der Waals surface area (Å²) in [6.07, 6.45) is 2.39. The molecule has 0 spiro atoms. The molecule has 1 fully saturated rings. The number of halogens is 2. The molecule has 0 radical (unpaired) electrons. The number of aromatic nitrogens is 3. The van der Waals surface area contributed by atoms with E-state index in [0.717, 1.165) is 19.5 Å². The van der Waals surface area contributed by atoms with Crippen molar-refractivity contribution in [1.29, 1.82) is 0 Å². The first kappa shape index (κ1) is 17.7. The summed E-state index contributed by atoms with van der Waals surface area (Å²) < 4.78 is 25.3. The Hall–Kier alpha value is -2.71. The Labute approximate surface area is 159 Å². The van der Waals surface area contributed by atoms with E-state index in [1.54, 1.807) is 12.1 Å². The topological polar surface area (TPSA) is 81.2 Å². The summed E-state index contributed by atoms with van der Waals surface area (Å²) in [6, 6.07) is 6.21. The standard InChI is InChI=1S/C18H17ClFN5O2/c1-26-15-7-14(12(20)6-11(15)19)24-18-17-13(22-9-23-18)2-3-16(25-17)27-10-4-5-21-8-10/h2-3,6-7,9-10,21H,4-5,8H2,1H3,(H,22,23,24)/t10-/m0/s1. The highest BCUT2D eigenvalue weighted by molar-refractivity contribution is 6.32. The number of methoxy groups -OCH3 is 1. The summed E-state index contributed by atoms with van der Waals surface area (Å²) in [4.78, 5) is 12.9. The lowest BCUT2D eigenvalue weighted by molar-refractivity contribution is 0.215. The molecule has 1 aliphatic heterocycles. The van der Waals surface area contributed by atoms with E-state index >= 15 is 0 Å². The number of hydrogen-bond donors (Lipinski definition) is 2. The first-order valence-corrected chi connectivity index (χ1v) is 8.81. The number of nitrogens with one attached hydrogen (secondary N) is 2. The molecule has 0 bridgehead atoms. The molecule has 4 rings (SSSR count). The number of ether oxygens (including phenoxy) is 2. The Morgan fingerprint density at radius 1 is 1.30 bits per heavy atom. The summed E-state index contributed by atoms with van der Waals surface area (Å²) >= 11 is 5.95. The van der Waals surface area contributed by atoms with Gasteiger partial charge in [-0.2, -0.15) is 0 Å². The van der Waals surface area contributed by atoms with Gasteiger partial charge in [0.2, 0.25) is 5.88 Å². The lowest BCUT2D eigenvalue weighted by atomic mass is 10.2. The van der Waals surface area contributed by atoms with Crippen LogP contribution in [0.2, 0.25) is 5.02 Å². The predicted octanol–water partition coefficient (Wildman–Crippen LogP) is 3.31. The van der Waals surface area contributed by atoms with Crippen LogP contribution in [0.25, 0.3) is 11.0 Å². The van der Waals surface area contributed by atoms with Gasteiger partial charge in [-0.1, -0.05) is 11.6 Å². The van der Waals surface area contributed by atoms with Gasteiger partial charge in [-0.25, -0.2) is 19.3 Å². The van der Waals surface area contributed by atoms with Gasteiger partial charge in [0.15, 0.2) is 5.82 Å². The minimum absolute atomic E-state index is 0.0777. The second-order valence-corrected chi connectivity index (χ2v) is 6.47. The molecular weight excluding hydrogens is 373 g/mol. The van der Waals surface area contributed by atoms with Crippen LogP contribution in [0.3, 0.4) is 0 Å². The van der Waals surface area contributed by atoms with Crippen LogP contribution in [0.4, 0.5) is 15.9 Å². The van der Waals surface area contributed by atoms with Crippen LogP contribution in [0.15, 0.2) is 30.6 Å². The van der Waals surface area contributed by atoms with Crippen molar-refractivity contribution in [2.45, 2.75) is 12.5 Å². The maximum absolute atomic E-state index is 14.3. The molecule has 0 saturated carbocycles. The molecule has 0 aliphatic carbocycles. The van der Waals surface area contributed by atoms with E-state index in [1.807, 2.05) is 0 Å². The predicted molar refractivity (Wildman–Crippen MR) is 100 cm³/mol. The van der Waals surface area contributed by atoms with Gasteiger partial charge in [0, 0.05) is 18.7 Å². The normalized spacial score (nSPS) is 16.5. The average Bonchev–Trinajstić information content (AvgIpc) is 3.17. The number of hydrogen-bond acceptors (Lipinski definition) is 7. The molecule has 7 nitrogen and oxygen atoms in total. The molecule has 1 atom stereocenters. The van der Waals surface area contributed by atoms with E-state index < -0.39 is 5.82 Å². The van der Waals surface area contributed by atoms with Crippen LogP contribution in [-0.2, 0) is 0 Å². The minimum Gasteiger partial charge on any atom is -0.495 e. The summed E-state index contributed by atoms with van der Waals surface area (Å²) in [5.41, 5.74) is 1.27. The Bertz CT molecular complexity index is 981. The fourth-order valence-corrected chi connectivity index (χ4v) is 3.12. The van der Waals surface area contributed by atoms with Gasteiger partial charge in [-0.05, 0) is 25.1 Å². The molecule has 1 aromatic carbocycles. The number of benzene rings is 1. The van der Waals surface area contributed by atoms with Gasteiger partial charge >= 0.3 is 0 Å². The van der Waals surface area contributed by atoms with Gasteiger partial charge in [-0.15, -0.1) is 0 Å². The van der Waals surface area contributed by atoms with Gasteiger partial charge in [-0.3, -0.25) is 0 Å². The van der Waals surface area contributed by atoms with E-state index in [2.05, 4.69) is 25.6 Å². The van der Waals surface area contributed by atoms with Crippen molar-refractivity contribution in [2.24, 2.45) is 0 Å². The Kier molecular flexibility index (Phi) is 4.91. The maximum atomic E-state index is 14.3. The molecule has 9 heteroatoms. The summed E-state index contributed by atoms with van der Waals surface area (Å²) in [5, 5.41) is 6.37. The summed E-state index contributed by atoms with van der Waals surface area (Å²) in [5.74, 6) is 0.656. The van der Waals surface area contributed by atoms with Crippen LogP contribution >= 0.6 is 11.6 Å². The molecule has 1 saturated heterocycles. The zero-order chi connectivity index (χ0) is 18.8. The molecule has 2 aromatic heterocycles. The van der Waals surface area contributed by atoms with E-state index in [0.29, 0.717) is 28.5 Å². The third-order valence-corrected chi connectivity index (χ3v) is 4.55. The SMILES string of the molecule is COc1cc(Nc2ncnc3ccc(O[C@H]4CCNC4)nc23)c(F)cc1Cl. The summed E-state index contributed by atoms with van der Waals surface area (Å²) in [6.45, 7) is 1.71. The second kappa shape index (κ2) is 7.50. The van der Waals surface area contributed by atoms with Gasteiger partial charge < -0.3 is 20.1 Å². The quantitative estimate of drug-likeness (QED) is 0.692. The van der Waals surface area contributed by atoms with Gasteiger partial charge in [0.25, 0.3) is 0 Å².